The van der Waals surface area contributed by atoms with E-state index in [1.54, 1.807) is 54.6 Å². The van der Waals surface area contributed by atoms with Gasteiger partial charge in [0.15, 0.2) is 0 Å². The molecular weight excluding hydrogens is 398 g/mol. The lowest BCUT2D eigenvalue weighted by Crippen LogP contribution is -2.47. The minimum Gasteiger partial charge on any atom is -0.340 e. The molecule has 0 fully saturated rings. The lowest BCUT2D eigenvalue weighted by atomic mass is 10.0. The van der Waals surface area contributed by atoms with Crippen LogP contribution in [0.1, 0.15) is 33.9 Å². The molecule has 3 amide bonds. The molecule has 0 spiro atoms. The molecule has 7 heteroatoms. The van der Waals surface area contributed by atoms with Gasteiger partial charge in [-0.3, -0.25) is 14.4 Å². The van der Waals surface area contributed by atoms with Crippen LogP contribution in [0.25, 0.3) is 0 Å². The van der Waals surface area contributed by atoms with Crippen LogP contribution in [0, 0.1) is 5.92 Å². The van der Waals surface area contributed by atoms with Crippen molar-refractivity contribution >= 4 is 40.4 Å². The van der Waals surface area contributed by atoms with Gasteiger partial charge in [-0.05, 0) is 47.7 Å². The van der Waals surface area contributed by atoms with Crippen molar-refractivity contribution in [3.8, 4) is 0 Å². The van der Waals surface area contributed by atoms with E-state index in [0.29, 0.717) is 21.8 Å². The monoisotopic (exact) mass is 421 g/mol. The maximum absolute atomic E-state index is 12.8. The third-order valence-corrected chi connectivity index (χ3v) is 5.27. The van der Waals surface area contributed by atoms with E-state index < -0.39 is 6.04 Å². The summed E-state index contributed by atoms with van der Waals surface area (Å²) in [5.74, 6) is -0.944. The van der Waals surface area contributed by atoms with Gasteiger partial charge in [0.05, 0.1) is 4.88 Å². The van der Waals surface area contributed by atoms with E-state index in [9.17, 15) is 14.4 Å². The predicted molar refractivity (Wildman–Crippen MR) is 120 cm³/mol. The van der Waals surface area contributed by atoms with Gasteiger partial charge in [-0.15, -0.1) is 11.3 Å². The van der Waals surface area contributed by atoms with E-state index in [-0.39, 0.29) is 23.6 Å². The Morgan fingerprint density at radius 3 is 2.13 bits per heavy atom. The minimum atomic E-state index is -0.706. The molecule has 3 rings (SSSR count). The zero-order valence-electron chi connectivity index (χ0n) is 16.7. The van der Waals surface area contributed by atoms with Crippen LogP contribution < -0.4 is 16.0 Å². The maximum Gasteiger partial charge on any atom is 0.265 e. The van der Waals surface area contributed by atoms with Crippen molar-refractivity contribution < 1.29 is 14.4 Å². The third-order valence-electron chi connectivity index (χ3n) is 4.40. The maximum atomic E-state index is 12.8. The first-order valence-electron chi connectivity index (χ1n) is 9.55. The van der Waals surface area contributed by atoms with Crippen molar-refractivity contribution in [1.82, 2.24) is 5.32 Å². The highest BCUT2D eigenvalue weighted by molar-refractivity contribution is 7.12. The van der Waals surface area contributed by atoms with Crippen LogP contribution in [0.15, 0.2) is 72.1 Å². The summed E-state index contributed by atoms with van der Waals surface area (Å²) in [7, 11) is 0. The Morgan fingerprint density at radius 1 is 0.800 bits per heavy atom. The van der Waals surface area contributed by atoms with Crippen molar-refractivity contribution in [3.05, 3.63) is 82.6 Å². The molecule has 3 aromatic rings. The van der Waals surface area contributed by atoms with E-state index in [1.165, 1.54) is 11.3 Å². The molecule has 0 saturated heterocycles. The molecule has 0 aliphatic rings. The molecule has 0 aliphatic carbocycles. The van der Waals surface area contributed by atoms with Crippen molar-refractivity contribution in [2.75, 3.05) is 10.6 Å². The summed E-state index contributed by atoms with van der Waals surface area (Å²) in [6.45, 7) is 3.74. The first-order valence-corrected chi connectivity index (χ1v) is 10.4. The van der Waals surface area contributed by atoms with Gasteiger partial charge in [-0.2, -0.15) is 0 Å². The minimum absolute atomic E-state index is 0.112. The number of carbonyl (C=O) groups is 3. The number of nitrogens with one attached hydrogen (secondary N) is 3. The van der Waals surface area contributed by atoms with Crippen LogP contribution in [0.4, 0.5) is 11.4 Å². The van der Waals surface area contributed by atoms with Gasteiger partial charge in [0.2, 0.25) is 5.91 Å². The van der Waals surface area contributed by atoms with E-state index in [0.717, 1.165) is 0 Å². The average molecular weight is 422 g/mol. The predicted octanol–water partition coefficient (Wildman–Crippen LogP) is 4.39. The molecule has 2 aromatic carbocycles. The summed E-state index contributed by atoms with van der Waals surface area (Å²) in [5.41, 5.74) is 1.60. The van der Waals surface area contributed by atoms with Crippen molar-refractivity contribution in [2.24, 2.45) is 5.92 Å². The molecular formula is C23H23N3O3S. The number of thiophene rings is 1. The molecule has 0 radical (unpaired) electrons. The Morgan fingerprint density at radius 2 is 1.50 bits per heavy atom. The summed E-state index contributed by atoms with van der Waals surface area (Å²) in [5, 5.41) is 10.3. The number of carbonyl (C=O) groups excluding carboxylic acids is 3. The smallest absolute Gasteiger partial charge is 0.265 e. The fourth-order valence-corrected chi connectivity index (χ4v) is 3.46. The summed E-state index contributed by atoms with van der Waals surface area (Å²) in [6.07, 6.45) is 0. The summed E-state index contributed by atoms with van der Waals surface area (Å²) in [4.78, 5) is 38.1. The van der Waals surface area contributed by atoms with Gasteiger partial charge in [0.1, 0.15) is 6.04 Å². The van der Waals surface area contributed by atoms with E-state index in [1.807, 2.05) is 31.4 Å². The largest absolute Gasteiger partial charge is 0.340 e. The lowest BCUT2D eigenvalue weighted by molar-refractivity contribution is -0.118. The first-order chi connectivity index (χ1) is 14.4. The number of benzene rings is 2. The number of anilines is 2. The highest BCUT2D eigenvalue weighted by Gasteiger charge is 2.25. The molecule has 0 saturated carbocycles. The summed E-state index contributed by atoms with van der Waals surface area (Å²) >= 11 is 1.35. The lowest BCUT2D eigenvalue weighted by Gasteiger charge is -2.22. The fraction of sp³-hybridized carbons (Fsp3) is 0.174. The van der Waals surface area contributed by atoms with Crippen LogP contribution in [0.3, 0.4) is 0 Å². The number of hydrogen-bond acceptors (Lipinski definition) is 4. The second kappa shape index (κ2) is 9.84. The SMILES string of the molecule is CC(C)C(NC(=O)c1ccccc1)C(=O)Nc1cccc(NC(=O)c2cccs2)c1. The highest BCUT2D eigenvalue weighted by atomic mass is 32.1. The van der Waals surface area contributed by atoms with Crippen LogP contribution in [-0.4, -0.2) is 23.8 Å². The standard InChI is InChI=1S/C23H23N3O3S/c1-15(2)20(26-21(27)16-8-4-3-5-9-16)23(29)25-18-11-6-10-17(14-18)24-22(28)19-12-7-13-30-19/h3-15,20H,1-2H3,(H,24,28)(H,25,29)(H,26,27). The Kier molecular flexibility index (Phi) is 6.98. The number of amides is 3. The molecule has 1 atom stereocenters. The van der Waals surface area contributed by atoms with Gasteiger partial charge >= 0.3 is 0 Å². The van der Waals surface area contributed by atoms with Gasteiger partial charge in [0.25, 0.3) is 11.8 Å². The van der Waals surface area contributed by atoms with Gasteiger partial charge in [0, 0.05) is 16.9 Å². The number of rotatable bonds is 7. The Hall–Kier alpha value is -3.45. The van der Waals surface area contributed by atoms with Crippen LogP contribution >= 0.6 is 11.3 Å². The highest BCUT2D eigenvalue weighted by Crippen LogP contribution is 2.18. The quantitative estimate of drug-likeness (QED) is 0.529. The van der Waals surface area contributed by atoms with E-state index in [2.05, 4.69) is 16.0 Å². The van der Waals surface area contributed by atoms with Crippen molar-refractivity contribution in [1.29, 1.82) is 0 Å². The molecule has 0 aliphatic heterocycles. The van der Waals surface area contributed by atoms with Crippen molar-refractivity contribution in [3.63, 3.8) is 0 Å². The molecule has 6 nitrogen and oxygen atoms in total. The molecule has 3 N–H and O–H groups in total. The number of hydrogen-bond donors (Lipinski definition) is 3. The summed E-state index contributed by atoms with van der Waals surface area (Å²) in [6, 6.07) is 18.5. The van der Waals surface area contributed by atoms with Crippen LogP contribution in [-0.2, 0) is 4.79 Å². The van der Waals surface area contributed by atoms with Crippen LogP contribution in [0.5, 0.6) is 0 Å². The molecule has 30 heavy (non-hydrogen) atoms. The van der Waals surface area contributed by atoms with Gasteiger partial charge in [-0.25, -0.2) is 0 Å². The van der Waals surface area contributed by atoms with Crippen LogP contribution in [0.2, 0.25) is 0 Å². The average Bonchev–Trinajstić information content (AvgIpc) is 3.27. The Bertz CT molecular complexity index is 1020. The zero-order chi connectivity index (χ0) is 21.5. The fourth-order valence-electron chi connectivity index (χ4n) is 2.84. The molecule has 154 valence electrons. The normalized spacial score (nSPS) is 11.6. The van der Waals surface area contributed by atoms with Crippen molar-refractivity contribution in [2.45, 2.75) is 19.9 Å². The molecule has 1 heterocycles. The first kappa shape index (κ1) is 21.3. The van der Waals surface area contributed by atoms with Gasteiger partial charge < -0.3 is 16.0 Å². The van der Waals surface area contributed by atoms with Gasteiger partial charge in [-0.1, -0.05) is 44.2 Å². The summed E-state index contributed by atoms with van der Waals surface area (Å²) < 4.78 is 0. The molecule has 1 unspecified atom stereocenters. The van der Waals surface area contributed by atoms with E-state index >= 15 is 0 Å². The van der Waals surface area contributed by atoms with E-state index in [4.69, 9.17) is 0 Å². The second-order valence-electron chi connectivity index (χ2n) is 7.06. The molecule has 1 aromatic heterocycles. The third kappa shape index (κ3) is 5.55. The Labute approximate surface area is 179 Å². The Balaban J connectivity index is 1.67. The zero-order valence-corrected chi connectivity index (χ0v) is 17.5. The topological polar surface area (TPSA) is 87.3 Å². The second-order valence-corrected chi connectivity index (χ2v) is 8.01. The molecule has 0 bridgehead atoms.